The molecule has 0 fully saturated rings. The molecule has 0 saturated heterocycles. The molecule has 3 heteroatoms. The van der Waals surface area contributed by atoms with Gasteiger partial charge in [-0.05, 0) is 25.0 Å². The Morgan fingerprint density at radius 3 is 2.79 bits per heavy atom. The Labute approximate surface area is 83.3 Å². The Balaban J connectivity index is 2.80. The molecule has 1 aromatic rings. The van der Waals surface area contributed by atoms with E-state index >= 15 is 0 Å². The van der Waals surface area contributed by atoms with Crippen molar-refractivity contribution in [3.8, 4) is 11.5 Å². The molecular weight excluding hydrogens is 180 g/mol. The van der Waals surface area contributed by atoms with Crippen LogP contribution >= 0.6 is 0 Å². The Morgan fingerprint density at radius 1 is 1.50 bits per heavy atom. The van der Waals surface area contributed by atoms with Crippen LogP contribution in [0.25, 0.3) is 0 Å². The maximum Gasteiger partial charge on any atom is 0.311 e. The summed E-state index contributed by atoms with van der Waals surface area (Å²) in [5.41, 5.74) is 0.759. The third kappa shape index (κ3) is 2.49. The Bertz CT molecular complexity index is 311. The summed E-state index contributed by atoms with van der Waals surface area (Å²) in [6, 6.07) is 5.00. The second-order valence-electron chi connectivity index (χ2n) is 3.15. The van der Waals surface area contributed by atoms with E-state index in [1.54, 1.807) is 19.1 Å². The molecule has 0 saturated carbocycles. The fourth-order valence-corrected chi connectivity index (χ4v) is 1.14. The topological polar surface area (TPSA) is 46.5 Å². The molecule has 0 aliphatic heterocycles. The summed E-state index contributed by atoms with van der Waals surface area (Å²) in [7, 11) is 0. The molecule has 1 N–H and O–H groups in total. The summed E-state index contributed by atoms with van der Waals surface area (Å²) < 4.78 is 5.03. The number of para-hydroxylation sites is 1. The Morgan fingerprint density at radius 2 is 2.21 bits per heavy atom. The van der Waals surface area contributed by atoms with E-state index in [9.17, 15) is 9.90 Å². The minimum atomic E-state index is -0.308. The third-order valence-corrected chi connectivity index (χ3v) is 1.86. The lowest BCUT2D eigenvalue weighted by atomic mass is 10.2. The number of carbonyl (C=O) groups is 1. The van der Waals surface area contributed by atoms with E-state index in [-0.39, 0.29) is 17.5 Å². The van der Waals surface area contributed by atoms with Gasteiger partial charge in [-0.15, -0.1) is 0 Å². The van der Waals surface area contributed by atoms with Gasteiger partial charge in [-0.25, -0.2) is 0 Å². The minimum absolute atomic E-state index is 0.00875. The van der Waals surface area contributed by atoms with Gasteiger partial charge in [0, 0.05) is 6.42 Å². The van der Waals surface area contributed by atoms with Gasteiger partial charge < -0.3 is 9.84 Å². The van der Waals surface area contributed by atoms with Gasteiger partial charge in [0.05, 0.1) is 0 Å². The zero-order valence-electron chi connectivity index (χ0n) is 8.41. The summed E-state index contributed by atoms with van der Waals surface area (Å²) in [5.74, 6) is -0.0301. The maximum absolute atomic E-state index is 11.2. The molecule has 0 bridgehead atoms. The van der Waals surface area contributed by atoms with E-state index in [2.05, 4.69) is 0 Å². The molecule has 0 aromatic heterocycles. The number of aryl methyl sites for hydroxylation is 1. The van der Waals surface area contributed by atoms with Crippen LogP contribution in [-0.4, -0.2) is 11.1 Å². The van der Waals surface area contributed by atoms with Crippen molar-refractivity contribution >= 4 is 5.97 Å². The average molecular weight is 194 g/mol. The monoisotopic (exact) mass is 194 g/mol. The van der Waals surface area contributed by atoms with Gasteiger partial charge in [0.15, 0.2) is 11.5 Å². The maximum atomic E-state index is 11.2. The molecule has 0 heterocycles. The molecule has 1 rings (SSSR count). The number of ether oxygens (including phenoxy) is 1. The number of phenolic OH excluding ortho intramolecular Hbond substituents is 1. The first-order valence-electron chi connectivity index (χ1n) is 4.64. The first kappa shape index (κ1) is 10.6. The van der Waals surface area contributed by atoms with Crippen LogP contribution in [0, 0.1) is 6.92 Å². The first-order valence-corrected chi connectivity index (χ1v) is 4.64. The van der Waals surface area contributed by atoms with Crippen LogP contribution in [0.3, 0.4) is 0 Å². The van der Waals surface area contributed by atoms with Gasteiger partial charge in [0.1, 0.15) is 0 Å². The smallest absolute Gasteiger partial charge is 0.311 e. The van der Waals surface area contributed by atoms with Gasteiger partial charge in [0.2, 0.25) is 0 Å². The average Bonchev–Trinajstić information content (AvgIpc) is 2.12. The molecule has 0 radical (unpaired) electrons. The number of phenols is 1. The Kier molecular flexibility index (Phi) is 3.51. The van der Waals surface area contributed by atoms with Crippen LogP contribution in [-0.2, 0) is 4.79 Å². The van der Waals surface area contributed by atoms with Crippen molar-refractivity contribution in [2.75, 3.05) is 0 Å². The van der Waals surface area contributed by atoms with Crippen LogP contribution in [0.5, 0.6) is 11.5 Å². The van der Waals surface area contributed by atoms with Gasteiger partial charge in [-0.3, -0.25) is 4.79 Å². The SMILES string of the molecule is CCCC(=O)Oc1c(C)cccc1O. The van der Waals surface area contributed by atoms with Gasteiger partial charge in [0.25, 0.3) is 0 Å². The highest BCUT2D eigenvalue weighted by molar-refractivity contribution is 5.73. The van der Waals surface area contributed by atoms with Crippen molar-refractivity contribution < 1.29 is 14.6 Å². The van der Waals surface area contributed by atoms with Crippen LogP contribution in [0.15, 0.2) is 18.2 Å². The molecular formula is C11H14O3. The lowest BCUT2D eigenvalue weighted by molar-refractivity contribution is -0.134. The number of benzene rings is 1. The number of hydrogen-bond acceptors (Lipinski definition) is 3. The summed E-state index contributed by atoms with van der Waals surface area (Å²) >= 11 is 0. The van der Waals surface area contributed by atoms with E-state index in [4.69, 9.17) is 4.74 Å². The van der Waals surface area contributed by atoms with Crippen molar-refractivity contribution in [1.29, 1.82) is 0 Å². The van der Waals surface area contributed by atoms with Crippen molar-refractivity contribution in [2.24, 2.45) is 0 Å². The lowest BCUT2D eigenvalue weighted by Crippen LogP contribution is -2.07. The van der Waals surface area contributed by atoms with Crippen LogP contribution < -0.4 is 4.74 Å². The summed E-state index contributed by atoms with van der Waals surface area (Å²) in [5, 5.41) is 9.43. The molecule has 0 atom stereocenters. The molecule has 0 unspecified atom stereocenters. The second-order valence-corrected chi connectivity index (χ2v) is 3.15. The van der Waals surface area contributed by atoms with E-state index in [0.29, 0.717) is 6.42 Å². The molecule has 0 aliphatic rings. The van der Waals surface area contributed by atoms with E-state index in [0.717, 1.165) is 12.0 Å². The highest BCUT2D eigenvalue weighted by Crippen LogP contribution is 2.29. The quantitative estimate of drug-likeness (QED) is 0.593. The zero-order valence-corrected chi connectivity index (χ0v) is 8.41. The summed E-state index contributed by atoms with van der Waals surface area (Å²) in [4.78, 5) is 11.2. The molecule has 0 amide bonds. The molecule has 76 valence electrons. The fraction of sp³-hybridized carbons (Fsp3) is 0.364. The van der Waals surface area contributed by atoms with E-state index in [1.165, 1.54) is 6.07 Å². The van der Waals surface area contributed by atoms with Crippen molar-refractivity contribution in [3.05, 3.63) is 23.8 Å². The standard InChI is InChI=1S/C11H14O3/c1-3-5-10(13)14-11-8(2)6-4-7-9(11)12/h4,6-7,12H,3,5H2,1-2H3. The normalized spacial score (nSPS) is 9.86. The number of esters is 1. The molecule has 1 aromatic carbocycles. The second kappa shape index (κ2) is 4.65. The van der Waals surface area contributed by atoms with Crippen LogP contribution in [0.1, 0.15) is 25.3 Å². The largest absolute Gasteiger partial charge is 0.504 e. The third-order valence-electron chi connectivity index (χ3n) is 1.86. The number of aromatic hydroxyl groups is 1. The fourth-order valence-electron chi connectivity index (χ4n) is 1.14. The lowest BCUT2D eigenvalue weighted by Gasteiger charge is -2.07. The predicted octanol–water partition coefficient (Wildman–Crippen LogP) is 2.41. The highest BCUT2D eigenvalue weighted by atomic mass is 16.5. The van der Waals surface area contributed by atoms with Gasteiger partial charge >= 0.3 is 5.97 Å². The van der Waals surface area contributed by atoms with E-state index < -0.39 is 0 Å². The van der Waals surface area contributed by atoms with Gasteiger partial charge in [-0.2, -0.15) is 0 Å². The van der Waals surface area contributed by atoms with E-state index in [1.807, 2.05) is 6.92 Å². The first-order chi connectivity index (χ1) is 6.65. The summed E-state index contributed by atoms with van der Waals surface area (Å²) in [6.07, 6.45) is 1.11. The zero-order chi connectivity index (χ0) is 10.6. The highest BCUT2D eigenvalue weighted by Gasteiger charge is 2.09. The van der Waals surface area contributed by atoms with Gasteiger partial charge in [-0.1, -0.05) is 19.1 Å². The minimum Gasteiger partial charge on any atom is -0.504 e. The number of rotatable bonds is 3. The van der Waals surface area contributed by atoms with Crippen LogP contribution in [0.4, 0.5) is 0 Å². The van der Waals surface area contributed by atoms with Crippen LogP contribution in [0.2, 0.25) is 0 Å². The number of carbonyl (C=O) groups excluding carboxylic acids is 1. The van der Waals surface area contributed by atoms with Crippen molar-refractivity contribution in [3.63, 3.8) is 0 Å². The summed E-state index contributed by atoms with van der Waals surface area (Å²) in [6.45, 7) is 3.69. The molecule has 0 spiro atoms. The van der Waals surface area contributed by atoms with Crippen molar-refractivity contribution in [1.82, 2.24) is 0 Å². The Hall–Kier alpha value is -1.51. The molecule has 0 aliphatic carbocycles. The molecule has 14 heavy (non-hydrogen) atoms. The predicted molar refractivity (Wildman–Crippen MR) is 53.4 cm³/mol. The van der Waals surface area contributed by atoms with Crippen molar-refractivity contribution in [2.45, 2.75) is 26.7 Å². The molecule has 3 nitrogen and oxygen atoms in total. The number of hydrogen-bond donors (Lipinski definition) is 1.